The first-order valence-electron chi connectivity index (χ1n) is 5.73. The van der Waals surface area contributed by atoms with Crippen molar-refractivity contribution in [2.45, 2.75) is 30.8 Å². The Labute approximate surface area is 109 Å². The summed E-state index contributed by atoms with van der Waals surface area (Å²) < 4.78 is 0. The molecule has 0 aromatic carbocycles. The highest BCUT2D eigenvalue weighted by Crippen LogP contribution is 2.42. The number of rotatable bonds is 2. The predicted molar refractivity (Wildman–Crippen MR) is 75.7 cm³/mol. The number of thioether (sulfide) groups is 2. The van der Waals surface area contributed by atoms with Crippen molar-refractivity contribution >= 4 is 29.3 Å². The molecule has 0 aliphatic carbocycles. The minimum absolute atomic E-state index is 0.112. The van der Waals surface area contributed by atoms with Crippen LogP contribution in [-0.4, -0.2) is 26.7 Å². The van der Waals surface area contributed by atoms with Gasteiger partial charge in [-0.15, -0.1) is 11.8 Å². The number of nitrogens with two attached hydrogens (primary N) is 1. The Balaban J connectivity index is 2.35. The Morgan fingerprint density at radius 1 is 1.47 bits per heavy atom. The minimum Gasteiger partial charge on any atom is -0.383 e. The largest absolute Gasteiger partial charge is 0.383 e. The lowest BCUT2D eigenvalue weighted by Gasteiger charge is -2.29. The van der Waals surface area contributed by atoms with Crippen LogP contribution in [-0.2, 0) is 0 Å². The molecular weight excluding hydrogens is 254 g/mol. The molecule has 0 saturated carbocycles. The van der Waals surface area contributed by atoms with Crippen LogP contribution >= 0.6 is 23.5 Å². The number of anilines is 1. The van der Waals surface area contributed by atoms with E-state index in [1.165, 1.54) is 5.75 Å². The third-order valence-electron chi connectivity index (χ3n) is 2.93. The second-order valence-corrected chi connectivity index (χ2v) is 6.67. The van der Waals surface area contributed by atoms with Gasteiger partial charge in [0.1, 0.15) is 11.6 Å². The maximum atomic E-state index is 11.7. The molecule has 17 heavy (non-hydrogen) atoms. The second kappa shape index (κ2) is 5.35. The van der Waals surface area contributed by atoms with Crippen molar-refractivity contribution in [3.8, 4) is 0 Å². The molecule has 6 heteroatoms. The van der Waals surface area contributed by atoms with E-state index in [9.17, 15) is 4.79 Å². The smallest absolute Gasteiger partial charge is 0.255 e. The lowest BCUT2D eigenvalue weighted by Crippen LogP contribution is -2.25. The topological polar surface area (TPSA) is 71.8 Å². The lowest BCUT2D eigenvalue weighted by molar-refractivity contribution is 0.745. The maximum absolute atomic E-state index is 11.7. The summed E-state index contributed by atoms with van der Waals surface area (Å²) in [6, 6.07) is 0. The maximum Gasteiger partial charge on any atom is 0.255 e. The fourth-order valence-corrected chi connectivity index (χ4v) is 4.87. The predicted octanol–water partition coefficient (Wildman–Crippen LogP) is 1.96. The Morgan fingerprint density at radius 2 is 2.18 bits per heavy atom. The van der Waals surface area contributed by atoms with Crippen molar-refractivity contribution in [3.05, 3.63) is 21.7 Å². The highest BCUT2D eigenvalue weighted by molar-refractivity contribution is 8.06. The molecular formula is C11H17N3OS2. The van der Waals surface area contributed by atoms with Gasteiger partial charge in [-0.05, 0) is 13.3 Å². The van der Waals surface area contributed by atoms with E-state index < -0.39 is 0 Å². The average Bonchev–Trinajstić information content (AvgIpc) is 2.35. The van der Waals surface area contributed by atoms with E-state index in [-0.39, 0.29) is 10.8 Å². The Bertz CT molecular complexity index is 461. The quantitative estimate of drug-likeness (QED) is 0.860. The summed E-state index contributed by atoms with van der Waals surface area (Å²) >= 11 is 3.82. The van der Waals surface area contributed by atoms with Crippen molar-refractivity contribution < 1.29 is 0 Å². The summed E-state index contributed by atoms with van der Waals surface area (Å²) in [5, 5.41) is 0.772. The van der Waals surface area contributed by atoms with E-state index >= 15 is 0 Å². The molecule has 0 spiro atoms. The first-order valence-corrected chi connectivity index (χ1v) is 7.82. The van der Waals surface area contributed by atoms with E-state index in [4.69, 9.17) is 5.73 Å². The fraction of sp³-hybridized carbons (Fsp3) is 0.636. The van der Waals surface area contributed by atoms with Crippen LogP contribution in [0.15, 0.2) is 4.79 Å². The van der Waals surface area contributed by atoms with Gasteiger partial charge in [-0.25, -0.2) is 4.98 Å². The normalized spacial score (nSPS) is 24.8. The minimum atomic E-state index is -0.112. The number of hydrogen-bond acceptors (Lipinski definition) is 5. The van der Waals surface area contributed by atoms with Crippen molar-refractivity contribution in [2.24, 2.45) is 0 Å². The summed E-state index contributed by atoms with van der Waals surface area (Å²) in [5.74, 6) is 3.37. The number of H-pyrrole nitrogens is 1. The molecule has 94 valence electrons. The zero-order valence-corrected chi connectivity index (χ0v) is 11.7. The molecule has 2 unspecified atom stereocenters. The van der Waals surface area contributed by atoms with Gasteiger partial charge in [0.05, 0.1) is 10.8 Å². The zero-order valence-electron chi connectivity index (χ0n) is 10.0. The molecule has 0 bridgehead atoms. The summed E-state index contributed by atoms with van der Waals surface area (Å²) in [5.41, 5.74) is 6.16. The average molecular weight is 271 g/mol. The van der Waals surface area contributed by atoms with E-state index in [0.29, 0.717) is 16.6 Å². The first-order chi connectivity index (χ1) is 8.13. The molecule has 2 atom stereocenters. The van der Waals surface area contributed by atoms with Crippen LogP contribution in [0.3, 0.4) is 0 Å². The first kappa shape index (κ1) is 12.8. The van der Waals surface area contributed by atoms with Gasteiger partial charge in [0.15, 0.2) is 0 Å². The molecule has 1 aliphatic heterocycles. The molecule has 1 saturated heterocycles. The van der Waals surface area contributed by atoms with Crippen LogP contribution in [0, 0.1) is 6.92 Å². The van der Waals surface area contributed by atoms with Gasteiger partial charge in [-0.1, -0.05) is 6.92 Å². The van der Waals surface area contributed by atoms with E-state index in [2.05, 4.69) is 16.9 Å². The van der Waals surface area contributed by atoms with Crippen molar-refractivity contribution in [1.82, 2.24) is 9.97 Å². The highest BCUT2D eigenvalue weighted by Gasteiger charge is 2.28. The van der Waals surface area contributed by atoms with Crippen LogP contribution in [0.25, 0.3) is 0 Å². The van der Waals surface area contributed by atoms with Crippen LogP contribution in [0.2, 0.25) is 0 Å². The summed E-state index contributed by atoms with van der Waals surface area (Å²) in [4.78, 5) is 18.9. The number of nitrogen functional groups attached to an aromatic ring is 1. The summed E-state index contributed by atoms with van der Waals surface area (Å²) in [7, 11) is 0. The molecule has 0 amide bonds. The third-order valence-corrected chi connectivity index (χ3v) is 6.18. The Morgan fingerprint density at radius 3 is 2.82 bits per heavy atom. The van der Waals surface area contributed by atoms with Crippen LogP contribution in [0.1, 0.15) is 30.0 Å². The summed E-state index contributed by atoms with van der Waals surface area (Å²) in [6.45, 7) is 3.87. The van der Waals surface area contributed by atoms with Gasteiger partial charge in [-0.3, -0.25) is 4.79 Å². The number of aromatic amines is 1. The standard InChI is InChI=1S/C11H17N3OS2/c1-3-7-8(17-5-4-16-7)10-13-9(12)6(2)11(15)14-10/h7-8H,3-5H2,1-2H3,(H3,12,13,14,15). The van der Waals surface area contributed by atoms with Gasteiger partial charge in [-0.2, -0.15) is 11.8 Å². The van der Waals surface area contributed by atoms with Crippen LogP contribution < -0.4 is 11.3 Å². The van der Waals surface area contributed by atoms with Gasteiger partial charge in [0, 0.05) is 16.8 Å². The molecule has 1 aromatic rings. The number of nitrogens with zero attached hydrogens (tertiary/aromatic N) is 1. The molecule has 1 fully saturated rings. The van der Waals surface area contributed by atoms with Crippen LogP contribution in [0.5, 0.6) is 0 Å². The molecule has 3 N–H and O–H groups in total. The monoisotopic (exact) mass is 271 g/mol. The van der Waals surface area contributed by atoms with Gasteiger partial charge >= 0.3 is 0 Å². The number of hydrogen-bond donors (Lipinski definition) is 2. The molecule has 4 nitrogen and oxygen atoms in total. The van der Waals surface area contributed by atoms with Gasteiger partial charge < -0.3 is 10.7 Å². The second-order valence-electron chi connectivity index (χ2n) is 4.07. The Hall–Kier alpha value is -0.620. The number of nitrogens with one attached hydrogen (secondary N) is 1. The Kier molecular flexibility index (Phi) is 4.04. The number of aromatic nitrogens is 2. The van der Waals surface area contributed by atoms with E-state index in [1.807, 2.05) is 23.5 Å². The molecule has 2 rings (SSSR count). The van der Waals surface area contributed by atoms with Crippen molar-refractivity contribution in [2.75, 3.05) is 17.2 Å². The van der Waals surface area contributed by atoms with Crippen LogP contribution in [0.4, 0.5) is 5.82 Å². The molecule has 0 radical (unpaired) electrons. The zero-order chi connectivity index (χ0) is 12.4. The van der Waals surface area contributed by atoms with Crippen molar-refractivity contribution in [3.63, 3.8) is 0 Å². The fourth-order valence-electron chi connectivity index (χ4n) is 1.86. The van der Waals surface area contributed by atoms with Gasteiger partial charge in [0.2, 0.25) is 0 Å². The van der Waals surface area contributed by atoms with Gasteiger partial charge in [0.25, 0.3) is 5.56 Å². The molecule has 2 heterocycles. The summed E-state index contributed by atoms with van der Waals surface area (Å²) in [6.07, 6.45) is 1.08. The van der Waals surface area contributed by atoms with E-state index in [0.717, 1.165) is 18.0 Å². The highest BCUT2D eigenvalue weighted by atomic mass is 32.2. The SMILES string of the molecule is CCC1SCCSC1c1nc(N)c(C)c(=O)[nH]1. The van der Waals surface area contributed by atoms with Crippen molar-refractivity contribution in [1.29, 1.82) is 0 Å². The third kappa shape index (κ3) is 2.63. The molecule has 1 aliphatic rings. The lowest BCUT2D eigenvalue weighted by atomic mass is 10.2. The molecule has 1 aromatic heterocycles. The van der Waals surface area contributed by atoms with E-state index in [1.54, 1.807) is 6.92 Å².